The molecule has 0 bridgehead atoms. The Morgan fingerprint density at radius 3 is 2.83 bits per heavy atom. The zero-order valence-electron chi connectivity index (χ0n) is 13.1. The van der Waals surface area contributed by atoms with Crippen molar-refractivity contribution < 1.29 is 0 Å². The topological polar surface area (TPSA) is 84.7 Å². The normalized spacial score (nSPS) is 15.8. The van der Waals surface area contributed by atoms with Crippen molar-refractivity contribution in [2.45, 2.75) is 19.3 Å². The fraction of sp³-hybridized carbons (Fsp3) is 0.312. The van der Waals surface area contributed by atoms with Crippen LogP contribution < -0.4 is 10.2 Å². The SMILES string of the molecule is c1ccc2c(c1)Nc1nc(N3CCCCC3)ncc1-c1nnnn1-2. The fourth-order valence-electron chi connectivity index (χ4n) is 3.29. The van der Waals surface area contributed by atoms with Crippen LogP contribution in [0.15, 0.2) is 30.5 Å². The maximum absolute atomic E-state index is 4.77. The molecule has 8 nitrogen and oxygen atoms in total. The molecule has 0 aliphatic carbocycles. The molecular formula is C16H16N8. The van der Waals surface area contributed by atoms with Crippen LogP contribution in [0.4, 0.5) is 17.5 Å². The molecule has 8 heteroatoms. The van der Waals surface area contributed by atoms with Gasteiger partial charge >= 0.3 is 0 Å². The van der Waals surface area contributed by atoms with Gasteiger partial charge in [-0.1, -0.05) is 12.1 Å². The average molecular weight is 320 g/mol. The first kappa shape index (κ1) is 13.4. The molecule has 0 unspecified atom stereocenters. The molecular weight excluding hydrogens is 304 g/mol. The summed E-state index contributed by atoms with van der Waals surface area (Å²) in [6.07, 6.45) is 5.47. The van der Waals surface area contributed by atoms with Crippen LogP contribution in [0.3, 0.4) is 0 Å². The molecule has 1 aromatic carbocycles. The lowest BCUT2D eigenvalue weighted by atomic mass is 10.1. The van der Waals surface area contributed by atoms with Gasteiger partial charge < -0.3 is 10.2 Å². The Balaban J connectivity index is 1.66. The summed E-state index contributed by atoms with van der Waals surface area (Å²) in [5.74, 6) is 2.15. The van der Waals surface area contributed by atoms with Crippen molar-refractivity contribution in [1.29, 1.82) is 0 Å². The number of anilines is 3. The van der Waals surface area contributed by atoms with Gasteiger partial charge in [0.1, 0.15) is 5.82 Å². The predicted molar refractivity (Wildman–Crippen MR) is 89.5 cm³/mol. The van der Waals surface area contributed by atoms with Crippen LogP contribution in [0.5, 0.6) is 0 Å². The zero-order chi connectivity index (χ0) is 15.9. The summed E-state index contributed by atoms with van der Waals surface area (Å²) in [7, 11) is 0. The monoisotopic (exact) mass is 320 g/mol. The number of hydrogen-bond acceptors (Lipinski definition) is 7. The van der Waals surface area contributed by atoms with Crippen LogP contribution in [0, 0.1) is 0 Å². The van der Waals surface area contributed by atoms with Crippen LogP contribution in [0.2, 0.25) is 0 Å². The quantitative estimate of drug-likeness (QED) is 0.575. The summed E-state index contributed by atoms with van der Waals surface area (Å²) >= 11 is 0. The molecule has 1 fully saturated rings. The van der Waals surface area contributed by atoms with Gasteiger partial charge in [0.05, 0.1) is 16.9 Å². The lowest BCUT2D eigenvalue weighted by molar-refractivity contribution is 0.568. The van der Waals surface area contributed by atoms with Crippen LogP contribution >= 0.6 is 0 Å². The third-order valence-electron chi connectivity index (χ3n) is 4.51. The first-order valence-electron chi connectivity index (χ1n) is 8.17. The molecule has 24 heavy (non-hydrogen) atoms. The standard InChI is InChI=1S/C16H16N8/c1-4-8-23(9-5-1)16-17-10-11-14(19-16)18-12-6-2-3-7-13(12)24-15(11)20-21-22-24/h2-3,6-7,10H,1,4-5,8-9H2,(H,17,18,19). The molecule has 0 spiro atoms. The van der Waals surface area contributed by atoms with E-state index >= 15 is 0 Å². The number of nitrogens with one attached hydrogen (secondary N) is 1. The Kier molecular flexibility index (Phi) is 2.94. The van der Waals surface area contributed by atoms with Crippen molar-refractivity contribution in [2.24, 2.45) is 0 Å². The van der Waals surface area contributed by atoms with E-state index in [1.54, 1.807) is 4.68 Å². The molecule has 0 radical (unpaired) electrons. The van der Waals surface area contributed by atoms with E-state index in [0.29, 0.717) is 5.82 Å². The van der Waals surface area contributed by atoms with Crippen LogP contribution in [-0.4, -0.2) is 43.3 Å². The van der Waals surface area contributed by atoms with Crippen molar-refractivity contribution in [3.05, 3.63) is 30.5 Å². The van der Waals surface area contributed by atoms with E-state index in [-0.39, 0.29) is 0 Å². The van der Waals surface area contributed by atoms with Crippen molar-refractivity contribution >= 4 is 17.5 Å². The summed E-state index contributed by atoms with van der Waals surface area (Å²) in [4.78, 5) is 11.6. The molecule has 2 aliphatic rings. The zero-order valence-corrected chi connectivity index (χ0v) is 13.1. The average Bonchev–Trinajstić information content (AvgIpc) is 3.08. The Labute approximate surface area is 138 Å². The lowest BCUT2D eigenvalue weighted by Crippen LogP contribution is -2.31. The molecule has 0 saturated carbocycles. The molecule has 1 N–H and O–H groups in total. The molecule has 5 rings (SSSR count). The second-order valence-corrected chi connectivity index (χ2v) is 6.04. The molecule has 4 heterocycles. The number of fused-ring (bicyclic) bond motifs is 5. The largest absolute Gasteiger partial charge is 0.341 e. The number of rotatable bonds is 1. The van der Waals surface area contributed by atoms with Gasteiger partial charge in [0, 0.05) is 19.3 Å². The summed E-state index contributed by atoms with van der Waals surface area (Å²) in [5.41, 5.74) is 2.63. The van der Waals surface area contributed by atoms with Crippen molar-refractivity contribution in [1.82, 2.24) is 30.2 Å². The van der Waals surface area contributed by atoms with Crippen LogP contribution in [0.25, 0.3) is 17.1 Å². The predicted octanol–water partition coefficient (Wildman–Crippen LogP) is 2.17. The first-order valence-corrected chi connectivity index (χ1v) is 8.17. The van der Waals surface area contributed by atoms with Gasteiger partial charge in [0.2, 0.25) is 5.95 Å². The van der Waals surface area contributed by atoms with Gasteiger partial charge in [-0.05, 0) is 41.8 Å². The highest BCUT2D eigenvalue weighted by Crippen LogP contribution is 2.35. The minimum absolute atomic E-state index is 0.646. The smallest absolute Gasteiger partial charge is 0.227 e. The van der Waals surface area contributed by atoms with E-state index in [1.807, 2.05) is 30.5 Å². The maximum Gasteiger partial charge on any atom is 0.227 e. The lowest BCUT2D eigenvalue weighted by Gasteiger charge is -2.27. The highest BCUT2D eigenvalue weighted by Gasteiger charge is 2.24. The second-order valence-electron chi connectivity index (χ2n) is 6.04. The maximum atomic E-state index is 4.77. The van der Waals surface area contributed by atoms with Gasteiger partial charge in [0.25, 0.3) is 0 Å². The summed E-state index contributed by atoms with van der Waals surface area (Å²) in [6, 6.07) is 7.92. The first-order chi connectivity index (χ1) is 11.9. The van der Waals surface area contributed by atoms with Gasteiger partial charge in [-0.25, -0.2) is 4.98 Å². The summed E-state index contributed by atoms with van der Waals surface area (Å²) in [5, 5.41) is 15.5. The summed E-state index contributed by atoms with van der Waals surface area (Å²) in [6.45, 7) is 2.01. The van der Waals surface area contributed by atoms with Crippen LogP contribution in [0.1, 0.15) is 19.3 Å². The molecule has 1 saturated heterocycles. The number of benzene rings is 1. The van der Waals surface area contributed by atoms with E-state index in [4.69, 9.17) is 4.98 Å². The Bertz CT molecular complexity index is 897. The van der Waals surface area contributed by atoms with Gasteiger partial charge in [-0.3, -0.25) is 0 Å². The molecule has 2 aromatic heterocycles. The number of para-hydroxylation sites is 2. The molecule has 2 aliphatic heterocycles. The van der Waals surface area contributed by atoms with Gasteiger partial charge in [-0.2, -0.15) is 9.67 Å². The van der Waals surface area contributed by atoms with E-state index in [1.165, 1.54) is 19.3 Å². The van der Waals surface area contributed by atoms with E-state index in [2.05, 4.69) is 30.7 Å². The molecule has 120 valence electrons. The minimum atomic E-state index is 0.646. The number of nitrogens with zero attached hydrogens (tertiary/aromatic N) is 7. The van der Waals surface area contributed by atoms with E-state index in [0.717, 1.165) is 41.8 Å². The number of hydrogen-bond donors (Lipinski definition) is 1. The van der Waals surface area contributed by atoms with E-state index < -0.39 is 0 Å². The highest BCUT2D eigenvalue weighted by atomic mass is 15.5. The fourth-order valence-corrected chi connectivity index (χ4v) is 3.29. The van der Waals surface area contributed by atoms with Gasteiger partial charge in [0.15, 0.2) is 5.82 Å². The third-order valence-corrected chi connectivity index (χ3v) is 4.51. The summed E-state index contributed by atoms with van der Waals surface area (Å²) < 4.78 is 1.72. The van der Waals surface area contributed by atoms with E-state index in [9.17, 15) is 0 Å². The Morgan fingerprint density at radius 1 is 1.04 bits per heavy atom. The molecule has 0 amide bonds. The highest BCUT2D eigenvalue weighted by molar-refractivity contribution is 5.81. The van der Waals surface area contributed by atoms with Crippen molar-refractivity contribution in [3.63, 3.8) is 0 Å². The van der Waals surface area contributed by atoms with Gasteiger partial charge in [-0.15, -0.1) is 5.10 Å². The number of tetrazole rings is 1. The third kappa shape index (κ3) is 2.03. The number of aromatic nitrogens is 6. The van der Waals surface area contributed by atoms with Crippen LogP contribution in [-0.2, 0) is 0 Å². The molecule has 0 atom stereocenters. The number of piperidine rings is 1. The van der Waals surface area contributed by atoms with Crippen molar-refractivity contribution in [2.75, 3.05) is 23.3 Å². The van der Waals surface area contributed by atoms with Crippen molar-refractivity contribution in [3.8, 4) is 17.1 Å². The minimum Gasteiger partial charge on any atom is -0.341 e. The molecule has 3 aromatic rings. The second kappa shape index (κ2) is 5.26. The Morgan fingerprint density at radius 2 is 1.92 bits per heavy atom. The Hall–Kier alpha value is -3.03.